The fourth-order valence-corrected chi connectivity index (χ4v) is 4.14. The maximum Gasteiger partial charge on any atom is 0.223 e. The summed E-state index contributed by atoms with van der Waals surface area (Å²) < 4.78 is 0. The van der Waals surface area contributed by atoms with Crippen molar-refractivity contribution in [1.82, 2.24) is 9.97 Å². The van der Waals surface area contributed by atoms with Crippen molar-refractivity contribution in [3.05, 3.63) is 77.9 Å². The Balaban J connectivity index is 1.83. The van der Waals surface area contributed by atoms with Crippen molar-refractivity contribution in [2.24, 2.45) is 0 Å². The van der Waals surface area contributed by atoms with Crippen LogP contribution in [0.1, 0.15) is 24.0 Å². The lowest BCUT2D eigenvalue weighted by atomic mass is 9.79. The summed E-state index contributed by atoms with van der Waals surface area (Å²) in [6.07, 6.45) is 1.81. The zero-order valence-electron chi connectivity index (χ0n) is 15.9. The topological polar surface area (TPSA) is 87.3 Å². The molecule has 1 unspecified atom stereocenters. The van der Waals surface area contributed by atoms with Gasteiger partial charge in [0.1, 0.15) is 17.2 Å². The second-order valence-corrected chi connectivity index (χ2v) is 7.07. The minimum atomic E-state index is -1.17. The Labute approximate surface area is 165 Å². The van der Waals surface area contributed by atoms with Crippen LogP contribution in [-0.2, 0) is 5.60 Å². The number of hydrogen-bond donors (Lipinski definition) is 3. The number of anilines is 3. The summed E-state index contributed by atoms with van der Waals surface area (Å²) in [5.74, 6) is 1.61. The summed E-state index contributed by atoms with van der Waals surface area (Å²) in [5, 5.41) is 15.2. The molecule has 1 aliphatic heterocycles. The van der Waals surface area contributed by atoms with E-state index in [-0.39, 0.29) is 12.0 Å². The monoisotopic (exact) mass is 375 g/mol. The molecule has 1 fully saturated rings. The van der Waals surface area contributed by atoms with Gasteiger partial charge in [0.25, 0.3) is 0 Å². The van der Waals surface area contributed by atoms with E-state index in [4.69, 9.17) is 5.73 Å². The first-order valence-electron chi connectivity index (χ1n) is 9.55. The fraction of sp³-hybridized carbons (Fsp3) is 0.273. The van der Waals surface area contributed by atoms with Crippen molar-refractivity contribution < 1.29 is 5.11 Å². The molecule has 1 aromatic heterocycles. The number of benzene rings is 2. The molecule has 3 aromatic rings. The lowest BCUT2D eigenvalue weighted by Crippen LogP contribution is -2.49. The van der Waals surface area contributed by atoms with Crippen LogP contribution in [0.2, 0.25) is 0 Å². The van der Waals surface area contributed by atoms with Crippen molar-refractivity contribution in [1.29, 1.82) is 0 Å². The number of hydrogen-bond acceptors (Lipinski definition) is 6. The molecular weight excluding hydrogens is 350 g/mol. The van der Waals surface area contributed by atoms with Crippen LogP contribution in [0.3, 0.4) is 0 Å². The molecule has 28 heavy (non-hydrogen) atoms. The fourth-order valence-electron chi connectivity index (χ4n) is 4.14. The molecule has 144 valence electrons. The van der Waals surface area contributed by atoms with E-state index in [9.17, 15) is 5.11 Å². The number of nitrogens with one attached hydrogen (secondary N) is 1. The van der Waals surface area contributed by atoms with E-state index in [1.807, 2.05) is 66.7 Å². The van der Waals surface area contributed by atoms with Gasteiger partial charge in [0.05, 0.1) is 6.04 Å². The molecule has 6 heteroatoms. The van der Waals surface area contributed by atoms with Crippen LogP contribution in [0.5, 0.6) is 0 Å². The number of nitrogens with two attached hydrogens (primary N) is 1. The van der Waals surface area contributed by atoms with Crippen LogP contribution in [0.25, 0.3) is 0 Å². The molecule has 0 amide bonds. The summed E-state index contributed by atoms with van der Waals surface area (Å²) in [7, 11) is 1.80. The minimum Gasteiger partial charge on any atom is -0.378 e. The van der Waals surface area contributed by atoms with Crippen molar-refractivity contribution in [2.45, 2.75) is 24.5 Å². The van der Waals surface area contributed by atoms with Crippen LogP contribution in [0.4, 0.5) is 17.6 Å². The molecule has 4 N–H and O–H groups in total. The van der Waals surface area contributed by atoms with Gasteiger partial charge in [-0.1, -0.05) is 60.7 Å². The third-order valence-corrected chi connectivity index (χ3v) is 5.44. The van der Waals surface area contributed by atoms with Crippen LogP contribution in [0.15, 0.2) is 66.7 Å². The lowest BCUT2D eigenvalue weighted by Gasteiger charge is -2.40. The molecule has 6 nitrogen and oxygen atoms in total. The summed E-state index contributed by atoms with van der Waals surface area (Å²) in [4.78, 5) is 10.8. The van der Waals surface area contributed by atoms with Crippen molar-refractivity contribution in [3.8, 4) is 0 Å². The number of nitrogens with zero attached hydrogens (tertiary/aromatic N) is 3. The Morgan fingerprint density at radius 2 is 1.64 bits per heavy atom. The highest BCUT2D eigenvalue weighted by atomic mass is 16.3. The molecule has 2 aromatic carbocycles. The first kappa shape index (κ1) is 18.3. The molecule has 0 saturated carbocycles. The number of aromatic nitrogens is 2. The summed E-state index contributed by atoms with van der Waals surface area (Å²) in [6.45, 7) is 0.798. The van der Waals surface area contributed by atoms with Gasteiger partial charge in [-0.2, -0.15) is 9.97 Å². The van der Waals surface area contributed by atoms with E-state index in [0.717, 1.165) is 36.3 Å². The Morgan fingerprint density at radius 1 is 1.04 bits per heavy atom. The maximum atomic E-state index is 12.1. The standard InChI is InChI=1S/C22H25N5O/c1-24-19-15-20(26-21(23)25-19)27-14-8-13-18(27)22(28,16-9-4-2-5-10-16)17-11-6-3-7-12-17/h2-7,9-12,15,18,28H,8,13-14H2,1H3,(H3,23,24,25,26). The smallest absolute Gasteiger partial charge is 0.223 e. The third kappa shape index (κ3) is 3.16. The summed E-state index contributed by atoms with van der Waals surface area (Å²) in [5.41, 5.74) is 6.50. The minimum absolute atomic E-state index is 0.170. The summed E-state index contributed by atoms with van der Waals surface area (Å²) >= 11 is 0. The average molecular weight is 375 g/mol. The van der Waals surface area contributed by atoms with Gasteiger partial charge in [-0.3, -0.25) is 0 Å². The quantitative estimate of drug-likeness (QED) is 0.635. The predicted octanol–water partition coefficient (Wildman–Crippen LogP) is 3.01. The van der Waals surface area contributed by atoms with Gasteiger partial charge in [-0.05, 0) is 24.0 Å². The van der Waals surface area contributed by atoms with E-state index in [1.54, 1.807) is 7.05 Å². The molecular formula is C22H25N5O. The van der Waals surface area contributed by atoms with E-state index in [2.05, 4.69) is 20.2 Å². The largest absolute Gasteiger partial charge is 0.378 e. The maximum absolute atomic E-state index is 12.1. The number of aliphatic hydroxyl groups is 1. The number of nitrogen functional groups attached to an aromatic ring is 1. The van der Waals surface area contributed by atoms with Gasteiger partial charge < -0.3 is 21.1 Å². The van der Waals surface area contributed by atoms with Gasteiger partial charge in [-0.25, -0.2) is 0 Å². The third-order valence-electron chi connectivity index (χ3n) is 5.44. The van der Waals surface area contributed by atoms with Gasteiger partial charge in [0.2, 0.25) is 5.95 Å². The summed E-state index contributed by atoms with van der Waals surface area (Å²) in [6, 6.07) is 21.4. The second kappa shape index (κ2) is 7.48. The van der Waals surface area contributed by atoms with Crippen LogP contribution < -0.4 is 16.0 Å². The molecule has 0 spiro atoms. The van der Waals surface area contributed by atoms with Gasteiger partial charge in [0.15, 0.2) is 0 Å². The molecule has 1 atom stereocenters. The van der Waals surface area contributed by atoms with Crippen molar-refractivity contribution in [2.75, 3.05) is 29.5 Å². The first-order chi connectivity index (χ1) is 13.6. The van der Waals surface area contributed by atoms with E-state index in [0.29, 0.717) is 5.82 Å². The molecule has 0 aliphatic carbocycles. The Bertz CT molecular complexity index is 893. The van der Waals surface area contributed by atoms with Crippen LogP contribution in [0, 0.1) is 0 Å². The molecule has 1 aliphatic rings. The molecule has 1 saturated heterocycles. The van der Waals surface area contributed by atoms with Gasteiger partial charge >= 0.3 is 0 Å². The number of rotatable bonds is 5. The zero-order valence-corrected chi connectivity index (χ0v) is 15.9. The van der Waals surface area contributed by atoms with Crippen LogP contribution >= 0.6 is 0 Å². The van der Waals surface area contributed by atoms with Crippen molar-refractivity contribution >= 4 is 17.6 Å². The SMILES string of the molecule is CNc1cc(N2CCCC2C(O)(c2ccccc2)c2ccccc2)nc(N)n1. The van der Waals surface area contributed by atoms with E-state index >= 15 is 0 Å². The van der Waals surface area contributed by atoms with Gasteiger partial charge in [0, 0.05) is 19.7 Å². The zero-order chi connectivity index (χ0) is 19.6. The molecule has 2 heterocycles. The van der Waals surface area contributed by atoms with Gasteiger partial charge in [-0.15, -0.1) is 0 Å². The Kier molecular flexibility index (Phi) is 4.88. The highest BCUT2D eigenvalue weighted by molar-refractivity contribution is 5.55. The highest BCUT2D eigenvalue weighted by Gasteiger charge is 2.46. The van der Waals surface area contributed by atoms with E-state index in [1.165, 1.54) is 0 Å². The van der Waals surface area contributed by atoms with Crippen LogP contribution in [-0.4, -0.2) is 34.7 Å². The predicted molar refractivity (Wildman–Crippen MR) is 112 cm³/mol. The van der Waals surface area contributed by atoms with Crippen molar-refractivity contribution in [3.63, 3.8) is 0 Å². The lowest BCUT2D eigenvalue weighted by molar-refractivity contribution is 0.0528. The molecule has 4 rings (SSSR count). The average Bonchev–Trinajstić information content (AvgIpc) is 3.24. The normalized spacial score (nSPS) is 16.9. The highest BCUT2D eigenvalue weighted by Crippen LogP contribution is 2.41. The molecule has 0 bridgehead atoms. The van der Waals surface area contributed by atoms with E-state index < -0.39 is 5.60 Å². The second-order valence-electron chi connectivity index (χ2n) is 7.07. The first-order valence-corrected chi connectivity index (χ1v) is 9.55. The Hall–Kier alpha value is -3.12. The Morgan fingerprint density at radius 3 is 2.21 bits per heavy atom. The molecule has 0 radical (unpaired) electrons.